The summed E-state index contributed by atoms with van der Waals surface area (Å²) in [6.45, 7) is 5.27. The molecule has 1 aliphatic heterocycles. The van der Waals surface area contributed by atoms with E-state index in [4.69, 9.17) is 0 Å². The quantitative estimate of drug-likeness (QED) is 0.507. The van der Waals surface area contributed by atoms with E-state index in [0.717, 1.165) is 5.56 Å². The molecule has 1 fully saturated rings. The molecule has 29 heavy (non-hydrogen) atoms. The first-order valence-corrected chi connectivity index (χ1v) is 9.96. The van der Waals surface area contributed by atoms with Gasteiger partial charge in [-0.2, -0.15) is 13.2 Å². The van der Waals surface area contributed by atoms with Crippen molar-refractivity contribution in [2.75, 3.05) is 39.3 Å². The third-order valence-electron chi connectivity index (χ3n) is 4.68. The molecule has 1 unspecified atom stereocenters. The molecule has 0 bridgehead atoms. The molecule has 1 atom stereocenters. The van der Waals surface area contributed by atoms with Crippen LogP contribution in [0.15, 0.2) is 35.3 Å². The molecule has 162 valence electrons. The molecule has 1 amide bonds. The highest BCUT2D eigenvalue weighted by atomic mass is 19.4. The number of carbonyl (C=O) groups is 1. The van der Waals surface area contributed by atoms with Crippen molar-refractivity contribution in [3.05, 3.63) is 35.9 Å². The second-order valence-electron chi connectivity index (χ2n) is 7.07. The molecule has 0 radical (unpaired) electrons. The van der Waals surface area contributed by atoms with Crippen LogP contribution in [0.3, 0.4) is 0 Å². The molecule has 0 aromatic heterocycles. The number of likely N-dealkylation sites (tertiary alicyclic amines) is 1. The van der Waals surface area contributed by atoms with Crippen molar-refractivity contribution in [1.29, 1.82) is 0 Å². The molecule has 9 heteroatoms. The zero-order chi connectivity index (χ0) is 21.3. The van der Waals surface area contributed by atoms with Crippen LogP contribution in [0.2, 0.25) is 0 Å². The molecule has 1 aliphatic rings. The number of benzene rings is 1. The first kappa shape index (κ1) is 23.0. The number of guanidine groups is 1. The Morgan fingerprint density at radius 2 is 2.00 bits per heavy atom. The van der Waals surface area contributed by atoms with Crippen LogP contribution in [0.25, 0.3) is 0 Å². The van der Waals surface area contributed by atoms with Crippen molar-refractivity contribution in [3.63, 3.8) is 0 Å². The molecule has 0 aliphatic carbocycles. The maximum absolute atomic E-state index is 12.6. The Morgan fingerprint density at radius 3 is 2.62 bits per heavy atom. The second kappa shape index (κ2) is 11.0. The number of likely N-dealkylation sites (N-methyl/N-ethyl adjacent to an activating group) is 1. The van der Waals surface area contributed by atoms with Gasteiger partial charge in [0, 0.05) is 38.8 Å². The van der Waals surface area contributed by atoms with Crippen molar-refractivity contribution in [2.45, 2.75) is 39.0 Å². The predicted octanol–water partition coefficient (Wildman–Crippen LogP) is 2.23. The summed E-state index contributed by atoms with van der Waals surface area (Å²) in [4.78, 5) is 20.0. The van der Waals surface area contributed by atoms with Gasteiger partial charge in [0.15, 0.2) is 5.96 Å². The van der Waals surface area contributed by atoms with Gasteiger partial charge >= 0.3 is 6.18 Å². The van der Waals surface area contributed by atoms with Crippen LogP contribution < -0.4 is 10.6 Å². The van der Waals surface area contributed by atoms with Crippen molar-refractivity contribution in [2.24, 2.45) is 4.99 Å². The topological polar surface area (TPSA) is 60.0 Å². The maximum atomic E-state index is 12.6. The van der Waals surface area contributed by atoms with Gasteiger partial charge in [-0.15, -0.1) is 0 Å². The number of aliphatic imine (C=N–C) groups is 1. The molecule has 1 heterocycles. The van der Waals surface area contributed by atoms with Gasteiger partial charge in [0.1, 0.15) is 6.54 Å². The Labute approximate surface area is 170 Å². The summed E-state index contributed by atoms with van der Waals surface area (Å²) >= 11 is 0. The summed E-state index contributed by atoms with van der Waals surface area (Å²) in [5.74, 6) is 0.356. The smallest absolute Gasteiger partial charge is 0.357 e. The minimum atomic E-state index is -4.19. The molecule has 0 spiro atoms. The minimum absolute atomic E-state index is 0.0189. The van der Waals surface area contributed by atoms with E-state index < -0.39 is 12.7 Å². The lowest BCUT2D eigenvalue weighted by molar-refractivity contribution is -0.143. The summed E-state index contributed by atoms with van der Waals surface area (Å²) in [6.07, 6.45) is -3.59. The Balaban J connectivity index is 1.89. The van der Waals surface area contributed by atoms with E-state index in [2.05, 4.69) is 15.6 Å². The number of hydrogen-bond donors (Lipinski definition) is 2. The number of nitrogens with zero attached hydrogens (tertiary/aromatic N) is 3. The highest BCUT2D eigenvalue weighted by Crippen LogP contribution is 2.19. The average molecular weight is 413 g/mol. The van der Waals surface area contributed by atoms with Gasteiger partial charge in [-0.05, 0) is 25.8 Å². The number of halogens is 3. The maximum Gasteiger partial charge on any atom is 0.401 e. The third kappa shape index (κ3) is 8.31. The van der Waals surface area contributed by atoms with Gasteiger partial charge in [0.2, 0.25) is 5.91 Å². The van der Waals surface area contributed by atoms with Crippen LogP contribution in [0.5, 0.6) is 0 Å². The molecular formula is C20H30F3N5O. The normalized spacial score (nSPS) is 18.0. The van der Waals surface area contributed by atoms with E-state index in [1.807, 2.05) is 44.2 Å². The van der Waals surface area contributed by atoms with Crippen molar-refractivity contribution in [3.8, 4) is 0 Å². The minimum Gasteiger partial charge on any atom is -0.357 e. The SMILES string of the molecule is CCNC(=NCC(=O)N(CC)Cc1ccccc1)NC1CCN(CC(F)(F)F)C1. The molecule has 1 aromatic carbocycles. The summed E-state index contributed by atoms with van der Waals surface area (Å²) in [7, 11) is 0. The van der Waals surface area contributed by atoms with Gasteiger partial charge in [0.05, 0.1) is 6.54 Å². The molecule has 6 nitrogen and oxygen atoms in total. The Morgan fingerprint density at radius 1 is 1.28 bits per heavy atom. The second-order valence-corrected chi connectivity index (χ2v) is 7.07. The fraction of sp³-hybridized carbons (Fsp3) is 0.600. The molecular weight excluding hydrogens is 383 g/mol. The lowest BCUT2D eigenvalue weighted by atomic mass is 10.2. The number of carbonyl (C=O) groups excluding carboxylic acids is 1. The summed E-state index contributed by atoms with van der Waals surface area (Å²) in [5.41, 5.74) is 1.05. The molecule has 1 aromatic rings. The van der Waals surface area contributed by atoms with Crippen LogP contribution in [-0.4, -0.2) is 73.2 Å². The van der Waals surface area contributed by atoms with Crippen LogP contribution >= 0.6 is 0 Å². The van der Waals surface area contributed by atoms with Crippen LogP contribution in [0.1, 0.15) is 25.8 Å². The standard InChI is InChI=1S/C20H30F3N5O/c1-3-24-19(26-17-10-11-27(14-17)15-20(21,22)23)25-12-18(29)28(4-2)13-16-8-6-5-7-9-16/h5-9,17H,3-4,10-15H2,1-2H3,(H2,24,25,26). The van der Waals surface area contributed by atoms with Gasteiger partial charge < -0.3 is 15.5 Å². The zero-order valence-corrected chi connectivity index (χ0v) is 17.0. The summed E-state index contributed by atoms with van der Waals surface area (Å²) in [5, 5.41) is 6.22. The van der Waals surface area contributed by atoms with Gasteiger partial charge in [-0.1, -0.05) is 30.3 Å². The van der Waals surface area contributed by atoms with Crippen molar-refractivity contribution >= 4 is 11.9 Å². The highest BCUT2D eigenvalue weighted by molar-refractivity contribution is 5.85. The fourth-order valence-corrected chi connectivity index (χ4v) is 3.29. The number of nitrogens with one attached hydrogen (secondary N) is 2. The number of alkyl halides is 3. The number of rotatable bonds is 8. The first-order valence-electron chi connectivity index (χ1n) is 9.96. The van der Waals surface area contributed by atoms with Crippen LogP contribution in [-0.2, 0) is 11.3 Å². The molecule has 1 saturated heterocycles. The van der Waals surface area contributed by atoms with Crippen molar-refractivity contribution in [1.82, 2.24) is 20.4 Å². The highest BCUT2D eigenvalue weighted by Gasteiger charge is 2.34. The summed E-state index contributed by atoms with van der Waals surface area (Å²) in [6, 6.07) is 9.61. The number of amides is 1. The lowest BCUT2D eigenvalue weighted by Crippen LogP contribution is -2.45. The summed E-state index contributed by atoms with van der Waals surface area (Å²) < 4.78 is 37.7. The van der Waals surface area contributed by atoms with E-state index in [1.165, 1.54) is 4.90 Å². The zero-order valence-electron chi connectivity index (χ0n) is 17.0. The van der Waals surface area contributed by atoms with Gasteiger partial charge in [-0.25, -0.2) is 4.99 Å². The van der Waals surface area contributed by atoms with Crippen molar-refractivity contribution < 1.29 is 18.0 Å². The van der Waals surface area contributed by atoms with E-state index in [-0.39, 0.29) is 18.5 Å². The van der Waals surface area contributed by atoms with Gasteiger partial charge in [-0.3, -0.25) is 9.69 Å². The van der Waals surface area contributed by atoms with E-state index in [9.17, 15) is 18.0 Å². The monoisotopic (exact) mass is 413 g/mol. The van der Waals surface area contributed by atoms with Crippen LogP contribution in [0.4, 0.5) is 13.2 Å². The third-order valence-corrected chi connectivity index (χ3v) is 4.68. The predicted molar refractivity (Wildman–Crippen MR) is 108 cm³/mol. The molecule has 0 saturated carbocycles. The van der Waals surface area contributed by atoms with E-state index in [1.54, 1.807) is 4.90 Å². The Bertz CT molecular complexity index is 666. The average Bonchev–Trinajstić information content (AvgIpc) is 3.09. The Hall–Kier alpha value is -2.29. The first-order chi connectivity index (χ1) is 13.8. The fourth-order valence-electron chi connectivity index (χ4n) is 3.29. The molecule has 2 N–H and O–H groups in total. The van der Waals surface area contributed by atoms with E-state index >= 15 is 0 Å². The van der Waals surface area contributed by atoms with E-state index in [0.29, 0.717) is 45.1 Å². The lowest BCUT2D eigenvalue weighted by Gasteiger charge is -2.21. The van der Waals surface area contributed by atoms with Gasteiger partial charge in [0.25, 0.3) is 0 Å². The largest absolute Gasteiger partial charge is 0.401 e. The molecule has 2 rings (SSSR count). The van der Waals surface area contributed by atoms with Crippen LogP contribution in [0, 0.1) is 0 Å². The number of hydrogen-bond acceptors (Lipinski definition) is 3. The Kier molecular flexibility index (Phi) is 8.75.